The number of pyridine rings is 1. The van der Waals surface area contributed by atoms with Crippen molar-refractivity contribution in [2.45, 2.75) is 18.4 Å². The Morgan fingerprint density at radius 1 is 1.20 bits per heavy atom. The van der Waals surface area contributed by atoms with Gasteiger partial charge in [0.2, 0.25) is 0 Å². The van der Waals surface area contributed by atoms with Gasteiger partial charge in [-0.05, 0) is 24.3 Å². The van der Waals surface area contributed by atoms with E-state index in [1.165, 1.54) is 0 Å². The molecule has 8 heteroatoms. The number of nitrogens with zero attached hydrogens (tertiary/aromatic N) is 5. The maximum atomic E-state index is 12.0. The number of hydrogen-bond acceptors (Lipinski definition) is 6. The van der Waals surface area contributed by atoms with Gasteiger partial charge in [-0.1, -0.05) is 24.3 Å². The second kappa shape index (κ2) is 8.35. The normalized spacial score (nSPS) is 15.2. The van der Waals surface area contributed by atoms with Crippen molar-refractivity contribution < 1.29 is 4.79 Å². The molecule has 8 nitrogen and oxygen atoms in total. The van der Waals surface area contributed by atoms with E-state index >= 15 is 0 Å². The van der Waals surface area contributed by atoms with Gasteiger partial charge < -0.3 is 11.1 Å². The summed E-state index contributed by atoms with van der Waals surface area (Å²) in [5.41, 5.74) is 7.27. The number of nitrogens with one attached hydrogen (secondary N) is 1. The minimum Gasteiger partial charge on any atom is -0.365 e. The third kappa shape index (κ3) is 4.02. The smallest absolute Gasteiger partial charge is 0.254 e. The quantitative estimate of drug-likeness (QED) is 0.599. The third-order valence-electron chi connectivity index (χ3n) is 5.36. The van der Waals surface area contributed by atoms with Crippen LogP contribution in [0.2, 0.25) is 0 Å². The van der Waals surface area contributed by atoms with Crippen LogP contribution >= 0.6 is 0 Å². The fraction of sp³-hybridized carbons (Fsp3) is 0.273. The van der Waals surface area contributed by atoms with Crippen molar-refractivity contribution in [1.29, 1.82) is 5.26 Å². The summed E-state index contributed by atoms with van der Waals surface area (Å²) in [6, 6.07) is 17.6. The number of likely N-dealkylation sites (tertiary alicyclic amines) is 1. The molecule has 0 radical (unpaired) electrons. The number of carbonyl (C=O) groups is 1. The van der Waals surface area contributed by atoms with Gasteiger partial charge in [-0.2, -0.15) is 10.4 Å². The zero-order chi connectivity index (χ0) is 21.0. The lowest BCUT2D eigenvalue weighted by Gasteiger charge is -2.49. The van der Waals surface area contributed by atoms with Crippen LogP contribution in [0.3, 0.4) is 0 Å². The Balaban J connectivity index is 1.51. The predicted octanol–water partition coefficient (Wildman–Crippen LogP) is 2.29. The number of primary amides is 1. The maximum Gasteiger partial charge on any atom is 0.254 e. The Bertz CT molecular complexity index is 1050. The first-order valence-corrected chi connectivity index (χ1v) is 9.81. The van der Waals surface area contributed by atoms with E-state index in [0.29, 0.717) is 30.9 Å². The minimum absolute atomic E-state index is 0.303. The standard InChI is InChI=1S/C22H23N7O/c23-11-10-22(15-28(16-22)13-9-17-6-4-5-12-25-17)29-14-19(20(24)30)21(27-29)26-18-7-2-1-3-8-18/h1-8,12,14H,9-10,13,15-16H2,(H2,24,30)(H,26,27). The summed E-state index contributed by atoms with van der Waals surface area (Å²) in [5.74, 6) is -0.156. The fourth-order valence-electron chi connectivity index (χ4n) is 3.80. The number of amides is 1. The van der Waals surface area contributed by atoms with E-state index in [0.717, 1.165) is 24.3 Å². The Morgan fingerprint density at radius 2 is 1.97 bits per heavy atom. The van der Waals surface area contributed by atoms with Crippen LogP contribution in [0.15, 0.2) is 60.9 Å². The molecule has 3 aromatic rings. The highest BCUT2D eigenvalue weighted by Crippen LogP contribution is 2.34. The molecule has 0 saturated carbocycles. The van der Waals surface area contributed by atoms with Crippen LogP contribution in [0, 0.1) is 11.3 Å². The Hall–Kier alpha value is -3.70. The van der Waals surface area contributed by atoms with Crippen LogP contribution < -0.4 is 11.1 Å². The zero-order valence-corrected chi connectivity index (χ0v) is 16.5. The summed E-state index contributed by atoms with van der Waals surface area (Å²) < 4.78 is 1.73. The highest BCUT2D eigenvalue weighted by Gasteiger charge is 2.45. The van der Waals surface area contributed by atoms with E-state index in [1.54, 1.807) is 17.1 Å². The number of nitriles is 1. The lowest BCUT2D eigenvalue weighted by Crippen LogP contribution is -2.62. The number of nitrogens with two attached hydrogens (primary N) is 1. The molecule has 152 valence electrons. The number of hydrogen-bond donors (Lipinski definition) is 2. The number of para-hydroxylation sites is 1. The van der Waals surface area contributed by atoms with Crippen LogP contribution in [0.5, 0.6) is 0 Å². The van der Waals surface area contributed by atoms with Crippen molar-refractivity contribution in [3.63, 3.8) is 0 Å². The number of carbonyl (C=O) groups excluding carboxylic acids is 1. The SMILES string of the molecule is N#CCC1(n2cc(C(N)=O)c(Nc3ccccc3)n2)CN(CCc2ccccn2)C1. The Kier molecular flexibility index (Phi) is 5.46. The van der Waals surface area contributed by atoms with E-state index in [1.807, 2.05) is 48.5 Å². The van der Waals surface area contributed by atoms with Gasteiger partial charge in [-0.25, -0.2) is 0 Å². The molecule has 1 aliphatic heterocycles. The van der Waals surface area contributed by atoms with E-state index in [9.17, 15) is 10.1 Å². The average molecular weight is 401 g/mol. The average Bonchev–Trinajstić information content (AvgIpc) is 3.15. The van der Waals surface area contributed by atoms with E-state index in [-0.39, 0.29) is 0 Å². The van der Waals surface area contributed by atoms with Crippen LogP contribution in [-0.2, 0) is 12.0 Å². The maximum absolute atomic E-state index is 12.0. The molecule has 3 heterocycles. The van der Waals surface area contributed by atoms with Crippen molar-refractivity contribution in [3.8, 4) is 6.07 Å². The summed E-state index contributed by atoms with van der Waals surface area (Å²) in [5, 5.41) is 17.2. The van der Waals surface area contributed by atoms with Crippen molar-refractivity contribution in [1.82, 2.24) is 19.7 Å². The number of aromatic nitrogens is 3. The molecule has 0 bridgehead atoms. The molecule has 0 atom stereocenters. The minimum atomic E-state index is -0.557. The first kappa shape index (κ1) is 19.6. The molecule has 1 aromatic carbocycles. The number of rotatable bonds is 8. The van der Waals surface area contributed by atoms with Gasteiger partial charge in [0.1, 0.15) is 11.1 Å². The highest BCUT2D eigenvalue weighted by molar-refractivity contribution is 5.98. The largest absolute Gasteiger partial charge is 0.365 e. The van der Waals surface area contributed by atoms with Crippen molar-refractivity contribution in [2.75, 3.05) is 25.0 Å². The van der Waals surface area contributed by atoms with E-state index < -0.39 is 11.4 Å². The summed E-state index contributed by atoms with van der Waals surface area (Å²) in [6.45, 7) is 2.21. The summed E-state index contributed by atoms with van der Waals surface area (Å²) in [7, 11) is 0. The molecule has 1 aliphatic rings. The highest BCUT2D eigenvalue weighted by atomic mass is 16.1. The van der Waals surface area contributed by atoms with Gasteiger partial charge >= 0.3 is 0 Å². The van der Waals surface area contributed by atoms with E-state index in [2.05, 4.69) is 26.4 Å². The Morgan fingerprint density at radius 3 is 2.63 bits per heavy atom. The summed E-state index contributed by atoms with van der Waals surface area (Å²) in [6.07, 6.45) is 4.59. The number of benzene rings is 1. The fourth-order valence-corrected chi connectivity index (χ4v) is 3.80. The van der Waals surface area contributed by atoms with Crippen molar-refractivity contribution >= 4 is 17.4 Å². The van der Waals surface area contributed by atoms with Gasteiger partial charge in [0.25, 0.3) is 5.91 Å². The van der Waals surface area contributed by atoms with Gasteiger partial charge in [-0.3, -0.25) is 19.4 Å². The second-order valence-electron chi connectivity index (χ2n) is 7.53. The first-order valence-electron chi connectivity index (χ1n) is 9.81. The topological polar surface area (TPSA) is 113 Å². The molecular weight excluding hydrogens is 378 g/mol. The van der Waals surface area contributed by atoms with Crippen LogP contribution in [-0.4, -0.2) is 45.2 Å². The predicted molar refractivity (Wildman–Crippen MR) is 113 cm³/mol. The van der Waals surface area contributed by atoms with Gasteiger partial charge in [0.05, 0.1) is 12.5 Å². The summed E-state index contributed by atoms with van der Waals surface area (Å²) >= 11 is 0. The molecule has 1 fully saturated rings. The lowest BCUT2D eigenvalue weighted by atomic mass is 9.86. The van der Waals surface area contributed by atoms with Gasteiger partial charge in [-0.15, -0.1) is 0 Å². The van der Waals surface area contributed by atoms with Crippen LogP contribution in [0.25, 0.3) is 0 Å². The molecule has 0 spiro atoms. The molecule has 0 unspecified atom stereocenters. The Labute approximate surface area is 174 Å². The zero-order valence-electron chi connectivity index (χ0n) is 16.5. The molecule has 30 heavy (non-hydrogen) atoms. The van der Waals surface area contributed by atoms with Crippen molar-refractivity contribution in [2.24, 2.45) is 5.73 Å². The third-order valence-corrected chi connectivity index (χ3v) is 5.36. The van der Waals surface area contributed by atoms with Gasteiger partial charge in [0.15, 0.2) is 5.82 Å². The van der Waals surface area contributed by atoms with Crippen LogP contribution in [0.4, 0.5) is 11.5 Å². The lowest BCUT2D eigenvalue weighted by molar-refractivity contribution is 0.00624. The van der Waals surface area contributed by atoms with Crippen LogP contribution in [0.1, 0.15) is 22.5 Å². The van der Waals surface area contributed by atoms with Crippen molar-refractivity contribution in [3.05, 3.63) is 72.2 Å². The molecule has 4 rings (SSSR count). The molecule has 0 aliphatic carbocycles. The molecule has 1 saturated heterocycles. The second-order valence-corrected chi connectivity index (χ2v) is 7.53. The monoisotopic (exact) mass is 401 g/mol. The van der Waals surface area contributed by atoms with E-state index in [4.69, 9.17) is 5.73 Å². The molecule has 2 aromatic heterocycles. The van der Waals surface area contributed by atoms with Gasteiger partial charge in [0, 0.05) is 49.8 Å². The first-order chi connectivity index (χ1) is 14.6. The molecule has 1 amide bonds. The molecular formula is C22H23N7O. The summed E-state index contributed by atoms with van der Waals surface area (Å²) in [4.78, 5) is 18.6. The molecule has 3 N–H and O–H groups in total. The number of anilines is 2.